The third kappa shape index (κ3) is 3.86. The van der Waals surface area contributed by atoms with Crippen LogP contribution in [-0.2, 0) is 16.9 Å². The van der Waals surface area contributed by atoms with Crippen LogP contribution in [0.3, 0.4) is 0 Å². The Morgan fingerprint density at radius 2 is 1.73 bits per heavy atom. The lowest BCUT2D eigenvalue weighted by Crippen LogP contribution is -3.13. The summed E-state index contributed by atoms with van der Waals surface area (Å²) in [6, 6.07) is 18.6. The fraction of sp³-hybridized carbons (Fsp3) is 0.440. The highest BCUT2D eigenvalue weighted by atomic mass is 16.2. The van der Waals surface area contributed by atoms with E-state index in [9.17, 15) is 9.59 Å². The molecule has 5 heteroatoms. The SMILES string of the molecule is CC[C@]1(c2ccccc2)NC(=O)N(C[NH+](Cc2ccc(C(C)C)cc2)C2CC2)C1=O. The van der Waals surface area contributed by atoms with Crippen molar-refractivity contribution in [3.8, 4) is 0 Å². The van der Waals surface area contributed by atoms with E-state index in [0.29, 0.717) is 25.0 Å². The maximum atomic E-state index is 13.4. The van der Waals surface area contributed by atoms with E-state index < -0.39 is 5.54 Å². The molecule has 1 saturated carbocycles. The molecule has 2 fully saturated rings. The summed E-state index contributed by atoms with van der Waals surface area (Å²) in [5, 5.41) is 3.01. The lowest BCUT2D eigenvalue weighted by atomic mass is 9.87. The maximum Gasteiger partial charge on any atom is 0.329 e. The number of urea groups is 1. The van der Waals surface area contributed by atoms with Crippen LogP contribution in [-0.4, -0.2) is 29.5 Å². The van der Waals surface area contributed by atoms with Crippen LogP contribution < -0.4 is 10.2 Å². The Labute approximate surface area is 179 Å². The van der Waals surface area contributed by atoms with Crippen molar-refractivity contribution < 1.29 is 14.5 Å². The second kappa shape index (κ2) is 8.23. The Hall–Kier alpha value is -2.66. The molecule has 2 N–H and O–H groups in total. The van der Waals surface area contributed by atoms with Crippen LogP contribution in [0.4, 0.5) is 4.79 Å². The van der Waals surface area contributed by atoms with E-state index in [1.54, 1.807) is 0 Å². The van der Waals surface area contributed by atoms with E-state index in [-0.39, 0.29) is 11.9 Å². The van der Waals surface area contributed by atoms with Gasteiger partial charge in [0.1, 0.15) is 12.1 Å². The molecule has 2 aliphatic rings. The molecular weight excluding hydrogens is 374 g/mol. The second-order valence-electron chi connectivity index (χ2n) is 8.95. The monoisotopic (exact) mass is 406 g/mol. The summed E-state index contributed by atoms with van der Waals surface area (Å²) in [5.74, 6) is 0.381. The van der Waals surface area contributed by atoms with E-state index in [1.165, 1.54) is 20.9 Å². The highest BCUT2D eigenvalue weighted by Gasteiger charge is 2.53. The molecule has 30 heavy (non-hydrogen) atoms. The molecule has 5 nitrogen and oxygen atoms in total. The third-order valence-corrected chi connectivity index (χ3v) is 6.57. The number of rotatable bonds is 8. The van der Waals surface area contributed by atoms with Crippen molar-refractivity contribution >= 4 is 11.9 Å². The zero-order chi connectivity index (χ0) is 21.3. The van der Waals surface area contributed by atoms with E-state index in [0.717, 1.165) is 24.9 Å². The van der Waals surface area contributed by atoms with Crippen LogP contribution in [0.15, 0.2) is 54.6 Å². The summed E-state index contributed by atoms with van der Waals surface area (Å²) >= 11 is 0. The normalized spacial score (nSPS) is 22.5. The predicted molar refractivity (Wildman–Crippen MR) is 117 cm³/mol. The molecule has 1 aliphatic carbocycles. The Kier molecular flexibility index (Phi) is 5.65. The molecule has 0 bridgehead atoms. The van der Waals surface area contributed by atoms with Gasteiger partial charge < -0.3 is 10.2 Å². The van der Waals surface area contributed by atoms with Gasteiger partial charge in [-0.15, -0.1) is 0 Å². The number of carbonyl (C=O) groups excluding carboxylic acids is 2. The minimum Gasteiger partial charge on any atom is -0.319 e. The number of quaternary nitrogens is 1. The van der Waals surface area contributed by atoms with Crippen molar-refractivity contribution in [2.75, 3.05) is 6.67 Å². The third-order valence-electron chi connectivity index (χ3n) is 6.57. The standard InChI is InChI=1S/C25H31N3O2/c1-4-25(21-8-6-5-7-9-21)23(29)28(24(30)26-25)17-27(22-14-15-22)16-19-10-12-20(13-11-19)18(2)3/h5-13,18,22H,4,14-17H2,1-3H3,(H,26,30)/p+1/t25-/m1/s1. The fourth-order valence-electron chi connectivity index (χ4n) is 4.44. The van der Waals surface area contributed by atoms with Crippen LogP contribution in [0.5, 0.6) is 0 Å². The molecule has 1 aliphatic heterocycles. The molecular formula is C25H32N3O2+. The summed E-state index contributed by atoms with van der Waals surface area (Å²) < 4.78 is 0. The highest BCUT2D eigenvalue weighted by Crippen LogP contribution is 2.32. The van der Waals surface area contributed by atoms with Gasteiger partial charge in [-0.1, -0.05) is 75.4 Å². The number of amides is 3. The van der Waals surface area contributed by atoms with Crippen LogP contribution in [0, 0.1) is 0 Å². The summed E-state index contributed by atoms with van der Waals surface area (Å²) in [6.45, 7) is 7.58. The van der Waals surface area contributed by atoms with Crippen LogP contribution in [0.2, 0.25) is 0 Å². The number of nitrogens with one attached hydrogen (secondary N) is 2. The summed E-state index contributed by atoms with van der Waals surface area (Å²) in [6.07, 6.45) is 2.84. The Bertz CT molecular complexity index is 906. The smallest absolute Gasteiger partial charge is 0.319 e. The van der Waals surface area contributed by atoms with Gasteiger partial charge in [-0.05, 0) is 23.5 Å². The maximum absolute atomic E-state index is 13.4. The fourth-order valence-corrected chi connectivity index (χ4v) is 4.44. The number of carbonyl (C=O) groups is 2. The molecule has 2 aromatic rings. The van der Waals surface area contributed by atoms with Crippen molar-refractivity contribution in [1.29, 1.82) is 0 Å². The average molecular weight is 407 g/mol. The first-order valence-corrected chi connectivity index (χ1v) is 11.1. The lowest BCUT2D eigenvalue weighted by Gasteiger charge is -2.27. The zero-order valence-corrected chi connectivity index (χ0v) is 18.2. The highest BCUT2D eigenvalue weighted by molar-refractivity contribution is 6.07. The van der Waals surface area contributed by atoms with Gasteiger partial charge in [0.25, 0.3) is 5.91 Å². The van der Waals surface area contributed by atoms with Gasteiger partial charge >= 0.3 is 6.03 Å². The Morgan fingerprint density at radius 3 is 2.30 bits per heavy atom. The number of hydrogen-bond acceptors (Lipinski definition) is 2. The van der Waals surface area contributed by atoms with Gasteiger partial charge in [0.05, 0.1) is 6.04 Å². The van der Waals surface area contributed by atoms with Crippen molar-refractivity contribution in [3.05, 3.63) is 71.3 Å². The van der Waals surface area contributed by atoms with Crippen molar-refractivity contribution in [1.82, 2.24) is 10.2 Å². The first kappa shape index (κ1) is 20.6. The van der Waals surface area contributed by atoms with Crippen molar-refractivity contribution in [2.45, 2.75) is 64.1 Å². The largest absolute Gasteiger partial charge is 0.329 e. The molecule has 1 unspecified atom stereocenters. The Morgan fingerprint density at radius 1 is 1.07 bits per heavy atom. The number of benzene rings is 2. The van der Waals surface area contributed by atoms with E-state index in [2.05, 4.69) is 43.4 Å². The summed E-state index contributed by atoms with van der Waals surface area (Å²) in [5.41, 5.74) is 2.48. The van der Waals surface area contributed by atoms with E-state index in [1.807, 2.05) is 37.3 Å². The van der Waals surface area contributed by atoms with Gasteiger partial charge in [0, 0.05) is 18.4 Å². The van der Waals surface area contributed by atoms with Gasteiger partial charge in [-0.2, -0.15) is 0 Å². The topological polar surface area (TPSA) is 53.9 Å². The molecule has 2 aromatic carbocycles. The van der Waals surface area contributed by atoms with Gasteiger partial charge in [0.2, 0.25) is 0 Å². The predicted octanol–water partition coefficient (Wildman–Crippen LogP) is 3.17. The zero-order valence-electron chi connectivity index (χ0n) is 18.2. The summed E-state index contributed by atoms with van der Waals surface area (Å²) in [7, 11) is 0. The minimum atomic E-state index is -0.952. The van der Waals surface area contributed by atoms with Crippen molar-refractivity contribution in [3.63, 3.8) is 0 Å². The molecule has 0 aromatic heterocycles. The average Bonchev–Trinajstić information content (AvgIpc) is 3.57. The number of imide groups is 1. The van der Waals surface area contributed by atoms with E-state index in [4.69, 9.17) is 0 Å². The van der Waals surface area contributed by atoms with Crippen LogP contribution in [0.1, 0.15) is 62.6 Å². The first-order valence-electron chi connectivity index (χ1n) is 11.1. The van der Waals surface area contributed by atoms with Crippen molar-refractivity contribution in [2.24, 2.45) is 0 Å². The van der Waals surface area contributed by atoms with E-state index >= 15 is 0 Å². The van der Waals surface area contributed by atoms with Gasteiger partial charge in [0.15, 0.2) is 6.67 Å². The van der Waals surface area contributed by atoms with Crippen LogP contribution >= 0.6 is 0 Å². The molecule has 4 rings (SSSR count). The molecule has 1 heterocycles. The second-order valence-corrected chi connectivity index (χ2v) is 8.95. The quantitative estimate of drug-likeness (QED) is 0.662. The van der Waals surface area contributed by atoms with Gasteiger partial charge in [-0.25, -0.2) is 9.69 Å². The Balaban J connectivity index is 1.52. The minimum absolute atomic E-state index is 0.130. The molecule has 0 radical (unpaired) electrons. The number of nitrogens with zero attached hydrogens (tertiary/aromatic N) is 1. The molecule has 1 saturated heterocycles. The number of hydrogen-bond donors (Lipinski definition) is 2. The molecule has 3 amide bonds. The van der Waals surface area contributed by atoms with Gasteiger partial charge in [-0.3, -0.25) is 4.79 Å². The molecule has 2 atom stereocenters. The first-order chi connectivity index (χ1) is 14.4. The summed E-state index contributed by atoms with van der Waals surface area (Å²) in [4.78, 5) is 29.0. The lowest BCUT2D eigenvalue weighted by molar-refractivity contribution is -0.931. The molecule has 0 spiro atoms. The molecule has 158 valence electrons. The van der Waals surface area contributed by atoms with Crippen LogP contribution in [0.25, 0.3) is 0 Å².